The lowest BCUT2D eigenvalue weighted by Gasteiger charge is -2.06. The molecule has 2 N–H and O–H groups in total. The van der Waals surface area contributed by atoms with Gasteiger partial charge in [0.25, 0.3) is 0 Å². The molecule has 0 unspecified atom stereocenters. The molecule has 0 saturated heterocycles. The molecule has 106 valence electrons. The Labute approximate surface area is 132 Å². The van der Waals surface area contributed by atoms with Crippen LogP contribution in [-0.2, 0) is 0 Å². The summed E-state index contributed by atoms with van der Waals surface area (Å²) in [5.74, 6) is 0.954. The molecule has 1 heterocycles. The number of rotatable bonds is 2. The minimum atomic E-state index is 0.326. The molecular formula is C16H12Cl2N2O. The van der Waals surface area contributed by atoms with Crippen LogP contribution >= 0.6 is 23.2 Å². The SMILES string of the molecule is Cc1ccccc1-c1onc(N)c1-c1ccc(Cl)c(Cl)c1. The van der Waals surface area contributed by atoms with Crippen molar-refractivity contribution in [3.05, 3.63) is 58.1 Å². The minimum absolute atomic E-state index is 0.326. The lowest BCUT2D eigenvalue weighted by molar-refractivity contribution is 0.436. The van der Waals surface area contributed by atoms with Crippen molar-refractivity contribution in [3.8, 4) is 22.5 Å². The highest BCUT2D eigenvalue weighted by atomic mass is 35.5. The number of nitrogens with zero attached hydrogens (tertiary/aromatic N) is 1. The molecule has 0 saturated carbocycles. The van der Waals surface area contributed by atoms with E-state index in [2.05, 4.69) is 5.16 Å². The van der Waals surface area contributed by atoms with Gasteiger partial charge in [0.2, 0.25) is 0 Å². The first-order valence-corrected chi connectivity index (χ1v) is 7.10. The highest BCUT2D eigenvalue weighted by molar-refractivity contribution is 6.42. The quantitative estimate of drug-likeness (QED) is 0.706. The van der Waals surface area contributed by atoms with E-state index in [-0.39, 0.29) is 0 Å². The third-order valence-corrected chi connectivity index (χ3v) is 4.06. The van der Waals surface area contributed by atoms with Crippen LogP contribution in [0, 0.1) is 6.92 Å². The predicted molar refractivity (Wildman–Crippen MR) is 86.5 cm³/mol. The number of aryl methyl sites for hydroxylation is 1. The van der Waals surface area contributed by atoms with Gasteiger partial charge in [-0.1, -0.05) is 58.7 Å². The molecule has 0 aliphatic heterocycles. The lowest BCUT2D eigenvalue weighted by Crippen LogP contribution is -1.90. The van der Waals surface area contributed by atoms with Crippen LogP contribution in [0.2, 0.25) is 10.0 Å². The van der Waals surface area contributed by atoms with E-state index in [1.165, 1.54) is 0 Å². The van der Waals surface area contributed by atoms with E-state index in [1.54, 1.807) is 12.1 Å². The number of hydrogen-bond donors (Lipinski definition) is 1. The smallest absolute Gasteiger partial charge is 0.177 e. The maximum Gasteiger partial charge on any atom is 0.177 e. The van der Waals surface area contributed by atoms with Gasteiger partial charge in [0.15, 0.2) is 11.6 Å². The van der Waals surface area contributed by atoms with Crippen molar-refractivity contribution in [3.63, 3.8) is 0 Å². The molecule has 0 fully saturated rings. The number of benzene rings is 2. The Balaban J connectivity index is 2.22. The number of halogens is 2. The lowest BCUT2D eigenvalue weighted by atomic mass is 9.99. The normalized spacial score (nSPS) is 10.8. The van der Waals surface area contributed by atoms with Crippen LogP contribution < -0.4 is 5.73 Å². The van der Waals surface area contributed by atoms with Crippen molar-refractivity contribution >= 4 is 29.0 Å². The number of nitrogens with two attached hydrogens (primary N) is 1. The third-order valence-electron chi connectivity index (χ3n) is 3.32. The Bertz CT molecular complexity index is 812. The molecule has 0 aliphatic rings. The van der Waals surface area contributed by atoms with Crippen LogP contribution in [0.15, 0.2) is 47.0 Å². The second-order valence-corrected chi connectivity index (χ2v) is 5.53. The van der Waals surface area contributed by atoms with E-state index >= 15 is 0 Å². The third kappa shape index (κ3) is 2.50. The zero-order valence-corrected chi connectivity index (χ0v) is 12.7. The highest BCUT2D eigenvalue weighted by Gasteiger charge is 2.19. The van der Waals surface area contributed by atoms with Gasteiger partial charge in [0, 0.05) is 5.56 Å². The van der Waals surface area contributed by atoms with Crippen LogP contribution in [-0.4, -0.2) is 5.16 Å². The van der Waals surface area contributed by atoms with Gasteiger partial charge in [-0.05, 0) is 30.2 Å². The molecular weight excluding hydrogens is 307 g/mol. The molecule has 0 atom stereocenters. The number of anilines is 1. The van der Waals surface area contributed by atoms with E-state index < -0.39 is 0 Å². The molecule has 5 heteroatoms. The summed E-state index contributed by atoms with van der Waals surface area (Å²) in [4.78, 5) is 0. The van der Waals surface area contributed by atoms with E-state index in [1.807, 2.05) is 37.3 Å². The monoisotopic (exact) mass is 318 g/mol. The summed E-state index contributed by atoms with van der Waals surface area (Å²) in [6.45, 7) is 2.01. The number of aromatic nitrogens is 1. The van der Waals surface area contributed by atoms with E-state index in [9.17, 15) is 0 Å². The van der Waals surface area contributed by atoms with Gasteiger partial charge >= 0.3 is 0 Å². The first-order valence-electron chi connectivity index (χ1n) is 6.34. The second-order valence-electron chi connectivity index (χ2n) is 4.72. The molecule has 2 aromatic carbocycles. The molecule has 21 heavy (non-hydrogen) atoms. The van der Waals surface area contributed by atoms with Gasteiger partial charge in [-0.2, -0.15) is 0 Å². The van der Waals surface area contributed by atoms with Crippen molar-refractivity contribution in [1.82, 2.24) is 5.16 Å². The van der Waals surface area contributed by atoms with Crippen molar-refractivity contribution in [2.24, 2.45) is 0 Å². The average Bonchev–Trinajstić information content (AvgIpc) is 2.84. The van der Waals surface area contributed by atoms with Gasteiger partial charge < -0.3 is 10.3 Å². The first kappa shape index (κ1) is 14.0. The van der Waals surface area contributed by atoms with Gasteiger partial charge in [0.1, 0.15) is 0 Å². The Morgan fingerprint density at radius 3 is 2.52 bits per heavy atom. The zero-order chi connectivity index (χ0) is 15.0. The molecule has 0 aliphatic carbocycles. The Morgan fingerprint density at radius 2 is 1.81 bits per heavy atom. The molecule has 0 spiro atoms. The fraction of sp³-hybridized carbons (Fsp3) is 0.0625. The average molecular weight is 319 g/mol. The van der Waals surface area contributed by atoms with Gasteiger partial charge in [0.05, 0.1) is 15.6 Å². The van der Waals surface area contributed by atoms with Crippen molar-refractivity contribution in [2.45, 2.75) is 6.92 Å². The second kappa shape index (κ2) is 5.43. The fourth-order valence-electron chi connectivity index (χ4n) is 2.24. The summed E-state index contributed by atoms with van der Waals surface area (Å²) in [7, 11) is 0. The molecule has 3 nitrogen and oxygen atoms in total. The standard InChI is InChI=1S/C16H12Cl2N2O/c1-9-4-2-3-5-11(9)15-14(16(19)20-21-15)10-6-7-12(17)13(18)8-10/h2-8H,1H3,(H2,19,20). The maximum absolute atomic E-state index is 6.09. The van der Waals surface area contributed by atoms with Crippen LogP contribution in [0.3, 0.4) is 0 Å². The fourth-order valence-corrected chi connectivity index (χ4v) is 2.54. The van der Waals surface area contributed by atoms with Gasteiger partial charge in [-0.15, -0.1) is 0 Å². The van der Waals surface area contributed by atoms with Crippen molar-refractivity contribution in [2.75, 3.05) is 5.73 Å². The number of hydrogen-bond acceptors (Lipinski definition) is 3. The minimum Gasteiger partial charge on any atom is -0.380 e. The van der Waals surface area contributed by atoms with E-state index in [0.29, 0.717) is 21.6 Å². The van der Waals surface area contributed by atoms with Crippen LogP contribution in [0.4, 0.5) is 5.82 Å². The molecule has 1 aromatic heterocycles. The Hall–Kier alpha value is -1.97. The van der Waals surface area contributed by atoms with E-state index in [4.69, 9.17) is 33.5 Å². The molecule has 0 amide bonds. The predicted octanol–water partition coefficient (Wildman–Crippen LogP) is 5.21. The van der Waals surface area contributed by atoms with Crippen molar-refractivity contribution < 1.29 is 4.52 Å². The summed E-state index contributed by atoms with van der Waals surface area (Å²) in [5.41, 5.74) is 9.54. The molecule has 0 bridgehead atoms. The number of nitrogen functional groups attached to an aromatic ring is 1. The summed E-state index contributed by atoms with van der Waals surface area (Å²) >= 11 is 12.1. The summed E-state index contributed by atoms with van der Waals surface area (Å²) in [6, 6.07) is 13.2. The maximum atomic E-state index is 6.09. The largest absolute Gasteiger partial charge is 0.380 e. The Kier molecular flexibility index (Phi) is 3.62. The zero-order valence-electron chi connectivity index (χ0n) is 11.2. The van der Waals surface area contributed by atoms with Crippen LogP contribution in [0.5, 0.6) is 0 Å². The topological polar surface area (TPSA) is 52.0 Å². The van der Waals surface area contributed by atoms with Crippen LogP contribution in [0.1, 0.15) is 5.56 Å². The molecule has 3 rings (SSSR count). The summed E-state index contributed by atoms with van der Waals surface area (Å²) in [5, 5.41) is 4.85. The first-order chi connectivity index (χ1) is 10.1. The summed E-state index contributed by atoms with van der Waals surface area (Å²) in [6.07, 6.45) is 0. The molecule has 3 aromatic rings. The van der Waals surface area contributed by atoms with Crippen LogP contribution in [0.25, 0.3) is 22.5 Å². The molecule has 0 radical (unpaired) electrons. The summed E-state index contributed by atoms with van der Waals surface area (Å²) < 4.78 is 5.44. The Morgan fingerprint density at radius 1 is 1.05 bits per heavy atom. The van der Waals surface area contributed by atoms with Gasteiger partial charge in [-0.3, -0.25) is 0 Å². The highest BCUT2D eigenvalue weighted by Crippen LogP contribution is 2.39. The van der Waals surface area contributed by atoms with Crippen molar-refractivity contribution in [1.29, 1.82) is 0 Å². The van der Waals surface area contributed by atoms with Gasteiger partial charge in [-0.25, -0.2) is 0 Å². The van der Waals surface area contributed by atoms with E-state index in [0.717, 1.165) is 22.3 Å².